The quantitative estimate of drug-likeness (QED) is 0.607. The molecule has 7 nitrogen and oxygen atoms in total. The first-order valence-corrected chi connectivity index (χ1v) is 9.07. The van der Waals surface area contributed by atoms with Gasteiger partial charge in [-0.1, -0.05) is 34.4 Å². The monoisotopic (exact) mass is 410 g/mol. The number of hydrogen-bond donors (Lipinski definition) is 2. The first-order chi connectivity index (χ1) is 12.5. The van der Waals surface area contributed by atoms with Gasteiger partial charge in [0.05, 0.1) is 15.5 Å². The van der Waals surface area contributed by atoms with Gasteiger partial charge in [0.25, 0.3) is 5.91 Å². The van der Waals surface area contributed by atoms with Crippen LogP contribution >= 0.6 is 34.5 Å². The van der Waals surface area contributed by atoms with Crippen LogP contribution in [-0.2, 0) is 0 Å². The summed E-state index contributed by atoms with van der Waals surface area (Å²) in [5, 5.41) is 11.6. The Morgan fingerprint density at radius 1 is 1.12 bits per heavy atom. The smallest absolute Gasteiger partial charge is 0.316 e. The molecular weight excluding hydrogens is 399 g/mol. The van der Waals surface area contributed by atoms with Crippen molar-refractivity contribution in [1.82, 2.24) is 20.8 Å². The van der Waals surface area contributed by atoms with E-state index in [-0.39, 0.29) is 29.9 Å². The van der Waals surface area contributed by atoms with Gasteiger partial charge in [-0.3, -0.25) is 9.59 Å². The fraction of sp³-hybridized carbons (Fsp3) is 0.125. The molecule has 0 bridgehead atoms. The van der Waals surface area contributed by atoms with Crippen molar-refractivity contribution < 1.29 is 14.1 Å². The van der Waals surface area contributed by atoms with E-state index in [1.54, 1.807) is 6.07 Å². The van der Waals surface area contributed by atoms with Crippen LogP contribution in [0.15, 0.2) is 40.2 Å². The number of nitrogens with zero attached hydrogens (tertiary/aromatic N) is 2. The number of thiophene rings is 1. The van der Waals surface area contributed by atoms with Crippen LogP contribution in [0.2, 0.25) is 10.0 Å². The van der Waals surface area contributed by atoms with Gasteiger partial charge in [0.2, 0.25) is 5.82 Å². The Hall–Kier alpha value is -2.42. The van der Waals surface area contributed by atoms with Crippen molar-refractivity contribution in [3.63, 3.8) is 0 Å². The van der Waals surface area contributed by atoms with E-state index in [4.69, 9.17) is 27.7 Å². The minimum atomic E-state index is -0.515. The molecule has 26 heavy (non-hydrogen) atoms. The van der Waals surface area contributed by atoms with Gasteiger partial charge in [0, 0.05) is 18.1 Å². The molecule has 0 radical (unpaired) electrons. The first kappa shape index (κ1) is 18.4. The third kappa shape index (κ3) is 4.40. The minimum absolute atomic E-state index is 0.138. The standard InChI is InChI=1S/C16H12Cl2N4O3S/c17-9-3-4-10(11(18)8-9)14(23)19-5-6-20-15(24)16-21-13(22-25-16)12-2-1-7-26-12/h1-4,7-8H,5-6H2,(H,19,23)(H,20,24). The molecule has 2 N–H and O–H groups in total. The SMILES string of the molecule is O=C(NCCNC(=O)c1ccc(Cl)cc1Cl)c1nc(-c2cccs2)no1. The lowest BCUT2D eigenvalue weighted by atomic mass is 10.2. The largest absolute Gasteiger partial charge is 0.350 e. The predicted octanol–water partition coefficient (Wildman–Crippen LogP) is 3.26. The number of aromatic nitrogens is 2. The molecule has 0 aliphatic carbocycles. The van der Waals surface area contributed by atoms with E-state index >= 15 is 0 Å². The van der Waals surface area contributed by atoms with Gasteiger partial charge < -0.3 is 15.2 Å². The fourth-order valence-corrected chi connectivity index (χ4v) is 3.16. The van der Waals surface area contributed by atoms with E-state index < -0.39 is 5.91 Å². The van der Waals surface area contributed by atoms with Gasteiger partial charge in [0.15, 0.2) is 0 Å². The minimum Gasteiger partial charge on any atom is -0.350 e. The highest BCUT2D eigenvalue weighted by Gasteiger charge is 2.16. The van der Waals surface area contributed by atoms with Crippen LogP contribution in [0.5, 0.6) is 0 Å². The second kappa shape index (κ2) is 8.31. The Morgan fingerprint density at radius 2 is 1.88 bits per heavy atom. The number of carbonyl (C=O) groups excluding carboxylic acids is 2. The molecule has 3 aromatic rings. The Bertz CT molecular complexity index is 927. The molecule has 2 heterocycles. The predicted molar refractivity (Wildman–Crippen MR) is 98.7 cm³/mol. The number of benzene rings is 1. The summed E-state index contributed by atoms with van der Waals surface area (Å²) >= 11 is 13.2. The molecule has 2 aromatic heterocycles. The van der Waals surface area contributed by atoms with E-state index in [0.717, 1.165) is 4.88 Å². The maximum absolute atomic E-state index is 12.0. The van der Waals surface area contributed by atoms with Crippen LogP contribution in [0.3, 0.4) is 0 Å². The number of amides is 2. The normalized spacial score (nSPS) is 10.5. The second-order valence-electron chi connectivity index (χ2n) is 5.04. The molecule has 0 spiro atoms. The molecule has 3 rings (SSSR count). The second-order valence-corrected chi connectivity index (χ2v) is 6.83. The zero-order valence-electron chi connectivity index (χ0n) is 13.2. The third-order valence-corrected chi connectivity index (χ3v) is 4.65. The summed E-state index contributed by atoms with van der Waals surface area (Å²) in [7, 11) is 0. The van der Waals surface area contributed by atoms with Gasteiger partial charge in [-0.05, 0) is 29.6 Å². The summed E-state index contributed by atoms with van der Waals surface area (Å²) in [6, 6.07) is 8.27. The summed E-state index contributed by atoms with van der Waals surface area (Å²) in [6.45, 7) is 0.391. The van der Waals surface area contributed by atoms with Crippen molar-refractivity contribution in [1.29, 1.82) is 0 Å². The lowest BCUT2D eigenvalue weighted by molar-refractivity contribution is 0.0898. The zero-order valence-corrected chi connectivity index (χ0v) is 15.5. The van der Waals surface area contributed by atoms with Crippen molar-refractivity contribution in [3.05, 3.63) is 57.2 Å². The molecule has 10 heteroatoms. The van der Waals surface area contributed by atoms with Crippen molar-refractivity contribution in [2.75, 3.05) is 13.1 Å². The van der Waals surface area contributed by atoms with Gasteiger partial charge in [0.1, 0.15) is 0 Å². The van der Waals surface area contributed by atoms with Crippen molar-refractivity contribution in [2.45, 2.75) is 0 Å². The first-order valence-electron chi connectivity index (χ1n) is 7.43. The molecule has 1 aromatic carbocycles. The van der Waals surface area contributed by atoms with Crippen LogP contribution in [0.25, 0.3) is 10.7 Å². The van der Waals surface area contributed by atoms with Crippen molar-refractivity contribution in [3.8, 4) is 10.7 Å². The number of rotatable bonds is 6. The van der Waals surface area contributed by atoms with E-state index in [9.17, 15) is 9.59 Å². The van der Waals surface area contributed by atoms with Crippen LogP contribution in [0.4, 0.5) is 0 Å². The number of nitrogens with one attached hydrogen (secondary N) is 2. The van der Waals surface area contributed by atoms with Gasteiger partial charge in [-0.2, -0.15) is 4.98 Å². The lowest BCUT2D eigenvalue weighted by Gasteiger charge is -2.07. The molecule has 2 amide bonds. The van der Waals surface area contributed by atoms with E-state index in [2.05, 4.69) is 20.8 Å². The Labute approximate surface area is 162 Å². The molecule has 0 saturated carbocycles. The molecule has 0 saturated heterocycles. The zero-order chi connectivity index (χ0) is 18.5. The van der Waals surface area contributed by atoms with Crippen molar-refractivity contribution >= 4 is 46.4 Å². The third-order valence-electron chi connectivity index (χ3n) is 3.23. The number of hydrogen-bond acceptors (Lipinski definition) is 6. The summed E-state index contributed by atoms with van der Waals surface area (Å²) in [6.07, 6.45) is 0. The van der Waals surface area contributed by atoms with E-state index in [1.807, 2.05) is 17.5 Å². The Morgan fingerprint density at radius 3 is 2.58 bits per heavy atom. The van der Waals surface area contributed by atoms with Crippen molar-refractivity contribution in [2.24, 2.45) is 0 Å². The van der Waals surface area contributed by atoms with E-state index in [0.29, 0.717) is 16.4 Å². The lowest BCUT2D eigenvalue weighted by Crippen LogP contribution is -2.34. The Kier molecular flexibility index (Phi) is 5.87. The summed E-state index contributed by atoms with van der Waals surface area (Å²) in [4.78, 5) is 28.9. The molecule has 0 aliphatic rings. The molecule has 0 atom stereocenters. The molecule has 0 unspecified atom stereocenters. The molecule has 134 valence electrons. The molecular formula is C16H12Cl2N4O3S. The summed E-state index contributed by atoms with van der Waals surface area (Å²) < 4.78 is 4.94. The van der Waals surface area contributed by atoms with Gasteiger partial charge in [-0.25, -0.2) is 0 Å². The van der Waals surface area contributed by atoms with Crippen LogP contribution in [0, 0.1) is 0 Å². The van der Waals surface area contributed by atoms with Gasteiger partial charge in [-0.15, -0.1) is 11.3 Å². The Balaban J connectivity index is 1.47. The van der Waals surface area contributed by atoms with Crippen LogP contribution < -0.4 is 10.6 Å². The summed E-state index contributed by atoms with van der Waals surface area (Å²) in [5.74, 6) is -0.658. The molecule has 0 aliphatic heterocycles. The summed E-state index contributed by atoms with van der Waals surface area (Å²) in [5.41, 5.74) is 0.305. The average molecular weight is 411 g/mol. The van der Waals surface area contributed by atoms with E-state index in [1.165, 1.54) is 23.5 Å². The average Bonchev–Trinajstić information content (AvgIpc) is 3.29. The highest BCUT2D eigenvalue weighted by atomic mass is 35.5. The fourth-order valence-electron chi connectivity index (χ4n) is 2.02. The number of carbonyl (C=O) groups is 2. The highest BCUT2D eigenvalue weighted by molar-refractivity contribution is 7.13. The topological polar surface area (TPSA) is 97.1 Å². The maximum Gasteiger partial charge on any atom is 0.316 e. The highest BCUT2D eigenvalue weighted by Crippen LogP contribution is 2.21. The maximum atomic E-state index is 12.0. The number of halogens is 2. The van der Waals surface area contributed by atoms with Crippen LogP contribution in [-0.4, -0.2) is 35.0 Å². The van der Waals surface area contributed by atoms with Gasteiger partial charge >= 0.3 is 11.8 Å². The molecule has 0 fully saturated rings. The van der Waals surface area contributed by atoms with Crippen LogP contribution in [0.1, 0.15) is 21.0 Å².